The quantitative estimate of drug-likeness (QED) is 0.755. The molecule has 2 rings (SSSR count). The van der Waals surface area contributed by atoms with Crippen molar-refractivity contribution in [1.82, 2.24) is 10.3 Å². The first-order valence-electron chi connectivity index (χ1n) is 7.30. The predicted molar refractivity (Wildman–Crippen MR) is 88.9 cm³/mol. The highest BCUT2D eigenvalue weighted by Gasteiger charge is 2.13. The lowest BCUT2D eigenvalue weighted by atomic mass is 10.2. The van der Waals surface area contributed by atoms with Crippen LogP contribution in [-0.4, -0.2) is 31.0 Å². The summed E-state index contributed by atoms with van der Waals surface area (Å²) in [5.74, 6) is 0.259. The maximum atomic E-state index is 12.0. The molecule has 0 fully saturated rings. The smallest absolute Gasteiger partial charge is 0.233 e. The Kier molecular flexibility index (Phi) is 6.13. The Morgan fingerprint density at radius 1 is 1.04 bits per heavy atom. The van der Waals surface area contributed by atoms with E-state index in [1.54, 1.807) is 42.7 Å². The van der Waals surface area contributed by atoms with E-state index in [2.05, 4.69) is 15.6 Å². The number of aromatic nitrogens is 1. The molecule has 2 amide bonds. The average molecular weight is 329 g/mol. The van der Waals surface area contributed by atoms with E-state index in [-0.39, 0.29) is 12.3 Å². The Balaban J connectivity index is 1.89. The molecule has 1 heterocycles. The van der Waals surface area contributed by atoms with Gasteiger partial charge < -0.3 is 20.1 Å². The molecule has 0 bridgehead atoms. The summed E-state index contributed by atoms with van der Waals surface area (Å²) < 4.78 is 10.3. The molecular formula is C17H19N3O4. The van der Waals surface area contributed by atoms with E-state index in [1.165, 1.54) is 14.2 Å². The average Bonchev–Trinajstić information content (AvgIpc) is 2.60. The van der Waals surface area contributed by atoms with E-state index in [4.69, 9.17) is 9.47 Å². The third-order valence-corrected chi connectivity index (χ3v) is 3.24. The number of ether oxygens (including phenoxy) is 2. The van der Waals surface area contributed by atoms with Crippen LogP contribution >= 0.6 is 0 Å². The zero-order chi connectivity index (χ0) is 17.4. The molecule has 0 radical (unpaired) electrons. The number of carbonyl (C=O) groups excluding carboxylic acids is 2. The van der Waals surface area contributed by atoms with E-state index in [0.29, 0.717) is 23.7 Å². The molecule has 7 heteroatoms. The topological polar surface area (TPSA) is 89.5 Å². The fourth-order valence-electron chi connectivity index (χ4n) is 2.02. The monoisotopic (exact) mass is 329 g/mol. The van der Waals surface area contributed by atoms with Gasteiger partial charge in [0.25, 0.3) is 0 Å². The minimum atomic E-state index is -0.436. The molecule has 0 aliphatic heterocycles. The van der Waals surface area contributed by atoms with Crippen LogP contribution in [0.25, 0.3) is 0 Å². The summed E-state index contributed by atoms with van der Waals surface area (Å²) in [6.07, 6.45) is 3.00. The second-order valence-electron chi connectivity index (χ2n) is 4.92. The highest BCUT2D eigenvalue weighted by atomic mass is 16.5. The van der Waals surface area contributed by atoms with Crippen LogP contribution in [0.5, 0.6) is 11.5 Å². The van der Waals surface area contributed by atoms with E-state index >= 15 is 0 Å². The van der Waals surface area contributed by atoms with E-state index < -0.39 is 5.91 Å². The lowest BCUT2D eigenvalue weighted by molar-refractivity contribution is -0.126. The number of pyridine rings is 1. The van der Waals surface area contributed by atoms with Crippen molar-refractivity contribution in [1.29, 1.82) is 0 Å². The first-order valence-corrected chi connectivity index (χ1v) is 7.30. The highest BCUT2D eigenvalue weighted by Crippen LogP contribution is 2.28. The lowest BCUT2D eigenvalue weighted by Crippen LogP contribution is -2.27. The number of amides is 2. The van der Waals surface area contributed by atoms with Crippen LogP contribution in [0.2, 0.25) is 0 Å². The minimum absolute atomic E-state index is 0.286. The summed E-state index contributed by atoms with van der Waals surface area (Å²) in [6.45, 7) is 0.344. The van der Waals surface area contributed by atoms with Gasteiger partial charge in [-0.15, -0.1) is 0 Å². The molecule has 0 saturated heterocycles. The van der Waals surface area contributed by atoms with Crippen molar-refractivity contribution in [3.63, 3.8) is 0 Å². The molecule has 7 nitrogen and oxygen atoms in total. The van der Waals surface area contributed by atoms with Gasteiger partial charge in [-0.25, -0.2) is 0 Å². The Morgan fingerprint density at radius 3 is 2.46 bits per heavy atom. The van der Waals surface area contributed by atoms with Gasteiger partial charge in [-0.3, -0.25) is 14.6 Å². The summed E-state index contributed by atoms with van der Waals surface area (Å²) in [5, 5.41) is 5.33. The molecule has 1 aromatic heterocycles. The molecular weight excluding hydrogens is 310 g/mol. The van der Waals surface area contributed by atoms with Crippen LogP contribution < -0.4 is 20.1 Å². The first-order chi connectivity index (χ1) is 11.6. The molecule has 1 aromatic carbocycles. The van der Waals surface area contributed by atoms with Gasteiger partial charge in [-0.1, -0.05) is 0 Å². The number of anilines is 1. The van der Waals surface area contributed by atoms with Crippen molar-refractivity contribution < 1.29 is 19.1 Å². The fourth-order valence-corrected chi connectivity index (χ4v) is 2.02. The summed E-state index contributed by atoms with van der Waals surface area (Å²) >= 11 is 0. The molecule has 126 valence electrons. The second-order valence-corrected chi connectivity index (χ2v) is 4.92. The molecule has 0 atom stereocenters. The highest BCUT2D eigenvalue weighted by molar-refractivity contribution is 6.04. The number of nitrogens with one attached hydrogen (secondary N) is 2. The van der Waals surface area contributed by atoms with Crippen LogP contribution in [0.15, 0.2) is 42.7 Å². The van der Waals surface area contributed by atoms with Crippen LogP contribution in [0.3, 0.4) is 0 Å². The second kappa shape index (κ2) is 8.52. The van der Waals surface area contributed by atoms with Crippen molar-refractivity contribution >= 4 is 17.5 Å². The van der Waals surface area contributed by atoms with Crippen molar-refractivity contribution in [2.75, 3.05) is 19.5 Å². The van der Waals surface area contributed by atoms with E-state index in [0.717, 1.165) is 5.56 Å². The number of hydrogen-bond donors (Lipinski definition) is 2. The molecule has 0 spiro atoms. The number of rotatable bonds is 7. The number of nitrogens with zero attached hydrogens (tertiary/aromatic N) is 1. The maximum absolute atomic E-state index is 12.0. The van der Waals surface area contributed by atoms with Crippen LogP contribution in [0.4, 0.5) is 5.69 Å². The van der Waals surface area contributed by atoms with Gasteiger partial charge >= 0.3 is 0 Å². The number of carbonyl (C=O) groups is 2. The Morgan fingerprint density at radius 2 is 1.79 bits per heavy atom. The molecule has 0 saturated carbocycles. The van der Waals surface area contributed by atoms with Crippen molar-refractivity contribution in [2.45, 2.75) is 13.0 Å². The van der Waals surface area contributed by atoms with Gasteiger partial charge in [0.05, 0.1) is 19.9 Å². The van der Waals surface area contributed by atoms with Gasteiger partial charge in [0.1, 0.15) is 17.9 Å². The van der Waals surface area contributed by atoms with E-state index in [1.807, 2.05) is 0 Å². The summed E-state index contributed by atoms with van der Waals surface area (Å²) in [7, 11) is 3.03. The standard InChI is InChI=1S/C17H19N3O4/c1-23-13-3-4-15(24-2)14(9-13)20-17(22)10-16(21)19-11-12-5-7-18-8-6-12/h3-9H,10-11H2,1-2H3,(H,19,21)(H,20,22). The van der Waals surface area contributed by atoms with Gasteiger partial charge in [0.15, 0.2) is 0 Å². The Labute approximate surface area is 140 Å². The molecule has 0 aliphatic carbocycles. The van der Waals surface area contributed by atoms with Gasteiger partial charge in [0.2, 0.25) is 11.8 Å². The van der Waals surface area contributed by atoms with Crippen molar-refractivity contribution in [3.8, 4) is 11.5 Å². The molecule has 24 heavy (non-hydrogen) atoms. The zero-order valence-corrected chi connectivity index (χ0v) is 13.5. The number of methoxy groups -OCH3 is 2. The lowest BCUT2D eigenvalue weighted by Gasteiger charge is -2.11. The minimum Gasteiger partial charge on any atom is -0.497 e. The SMILES string of the molecule is COc1ccc(OC)c(NC(=O)CC(=O)NCc2ccncc2)c1. The van der Waals surface area contributed by atoms with Crippen LogP contribution in [0.1, 0.15) is 12.0 Å². The number of hydrogen-bond acceptors (Lipinski definition) is 5. The first kappa shape index (κ1) is 17.3. The van der Waals surface area contributed by atoms with Gasteiger partial charge in [-0.05, 0) is 29.8 Å². The van der Waals surface area contributed by atoms with Crippen molar-refractivity contribution in [2.24, 2.45) is 0 Å². The number of benzene rings is 1. The maximum Gasteiger partial charge on any atom is 0.233 e. The van der Waals surface area contributed by atoms with Gasteiger partial charge in [-0.2, -0.15) is 0 Å². The van der Waals surface area contributed by atoms with Crippen molar-refractivity contribution in [3.05, 3.63) is 48.3 Å². The van der Waals surface area contributed by atoms with Crippen LogP contribution in [0, 0.1) is 0 Å². The summed E-state index contributed by atoms with van der Waals surface area (Å²) in [4.78, 5) is 27.8. The summed E-state index contributed by atoms with van der Waals surface area (Å²) in [5.41, 5.74) is 1.36. The largest absolute Gasteiger partial charge is 0.497 e. The third-order valence-electron chi connectivity index (χ3n) is 3.24. The summed E-state index contributed by atoms with van der Waals surface area (Å²) in [6, 6.07) is 8.61. The molecule has 0 unspecified atom stereocenters. The normalized spacial score (nSPS) is 9.92. The Hall–Kier alpha value is -3.09. The Bertz CT molecular complexity index is 704. The zero-order valence-electron chi connectivity index (χ0n) is 13.5. The van der Waals surface area contributed by atoms with Crippen LogP contribution in [-0.2, 0) is 16.1 Å². The molecule has 0 aliphatic rings. The van der Waals surface area contributed by atoms with E-state index in [9.17, 15) is 9.59 Å². The van der Waals surface area contributed by atoms with Gasteiger partial charge in [0, 0.05) is 25.0 Å². The predicted octanol–water partition coefficient (Wildman–Crippen LogP) is 1.74. The third kappa shape index (κ3) is 4.98. The molecule has 2 N–H and O–H groups in total. The fraction of sp³-hybridized carbons (Fsp3) is 0.235. The molecule has 2 aromatic rings.